The lowest BCUT2D eigenvalue weighted by Crippen LogP contribution is -2.64. The first kappa shape index (κ1) is 15.7. The molecule has 3 aliphatic carbocycles. The third-order valence-corrected chi connectivity index (χ3v) is 7.74. The van der Waals surface area contributed by atoms with Gasteiger partial charge < -0.3 is 14.6 Å². The fourth-order valence-corrected chi connectivity index (χ4v) is 6.84. The maximum atomic E-state index is 11.1. The van der Waals surface area contributed by atoms with Crippen LogP contribution in [0.5, 0.6) is 0 Å². The van der Waals surface area contributed by atoms with Crippen molar-refractivity contribution in [1.82, 2.24) is 0 Å². The van der Waals surface area contributed by atoms with Gasteiger partial charge in [0.1, 0.15) is 5.76 Å². The summed E-state index contributed by atoms with van der Waals surface area (Å²) in [6.07, 6.45) is 4.94. The van der Waals surface area contributed by atoms with Crippen molar-refractivity contribution < 1.29 is 14.6 Å². The minimum Gasteiger partial charge on any atom is -0.469 e. The Morgan fingerprint density at radius 3 is 2.61 bits per heavy atom. The Balaban J connectivity index is 1.83. The van der Waals surface area contributed by atoms with E-state index in [2.05, 4.69) is 33.8 Å². The predicted octanol–water partition coefficient (Wildman–Crippen LogP) is 3.74. The molecule has 3 aliphatic rings. The van der Waals surface area contributed by atoms with Gasteiger partial charge in [-0.25, -0.2) is 0 Å². The van der Waals surface area contributed by atoms with E-state index in [0.29, 0.717) is 5.92 Å². The molecule has 0 bridgehead atoms. The maximum Gasteiger partial charge on any atom is 0.107 e. The Bertz CT molecular complexity index is 604. The van der Waals surface area contributed by atoms with Crippen LogP contribution in [0.25, 0.3) is 0 Å². The Morgan fingerprint density at radius 1 is 1.13 bits per heavy atom. The maximum absolute atomic E-state index is 11.1. The Morgan fingerprint density at radius 2 is 1.87 bits per heavy atom. The standard InChI is InChI=1S/C20H30O3/c1-11-12-6-9-23-14(12)10-13-15(11)16(21)17(22)18-19(2,3)7-5-8-20(13,18)4/h6,9,11,13,15-18,21-22H,5,7-8,10H2,1-4H3. The number of hydrogen-bond donors (Lipinski definition) is 2. The molecule has 3 nitrogen and oxygen atoms in total. The second-order valence-corrected chi connectivity index (χ2v) is 9.28. The molecule has 23 heavy (non-hydrogen) atoms. The second-order valence-electron chi connectivity index (χ2n) is 9.28. The zero-order chi connectivity index (χ0) is 16.6. The van der Waals surface area contributed by atoms with Crippen molar-refractivity contribution in [2.45, 2.75) is 71.5 Å². The highest BCUT2D eigenvalue weighted by molar-refractivity contribution is 5.30. The van der Waals surface area contributed by atoms with E-state index in [1.807, 2.05) is 0 Å². The number of aliphatic hydroxyl groups is 2. The normalized spacial score (nSPS) is 48.3. The highest BCUT2D eigenvalue weighted by Gasteiger charge is 2.63. The Kier molecular flexibility index (Phi) is 3.32. The van der Waals surface area contributed by atoms with E-state index < -0.39 is 12.2 Å². The topological polar surface area (TPSA) is 53.6 Å². The van der Waals surface area contributed by atoms with Crippen molar-refractivity contribution in [1.29, 1.82) is 0 Å². The smallest absolute Gasteiger partial charge is 0.107 e. The van der Waals surface area contributed by atoms with Gasteiger partial charge in [0, 0.05) is 6.42 Å². The summed E-state index contributed by atoms with van der Waals surface area (Å²) in [6.45, 7) is 9.11. The molecule has 7 unspecified atom stereocenters. The third-order valence-electron chi connectivity index (χ3n) is 7.74. The minimum atomic E-state index is -0.631. The molecule has 4 rings (SSSR count). The number of fused-ring (bicyclic) bond motifs is 4. The van der Waals surface area contributed by atoms with E-state index >= 15 is 0 Å². The molecule has 2 saturated carbocycles. The summed E-state index contributed by atoms with van der Waals surface area (Å²) in [7, 11) is 0. The molecule has 2 N–H and O–H groups in total. The van der Waals surface area contributed by atoms with Crippen LogP contribution in [0.1, 0.15) is 64.2 Å². The summed E-state index contributed by atoms with van der Waals surface area (Å²) < 4.78 is 5.77. The van der Waals surface area contributed by atoms with E-state index in [0.717, 1.165) is 25.0 Å². The Hall–Kier alpha value is -0.800. The van der Waals surface area contributed by atoms with E-state index in [4.69, 9.17) is 4.42 Å². The molecule has 1 heterocycles. The van der Waals surface area contributed by atoms with Crippen LogP contribution in [-0.4, -0.2) is 22.4 Å². The number of rotatable bonds is 0. The summed E-state index contributed by atoms with van der Waals surface area (Å²) in [4.78, 5) is 0. The van der Waals surface area contributed by atoms with Crippen molar-refractivity contribution in [3.63, 3.8) is 0 Å². The third kappa shape index (κ3) is 1.96. The summed E-state index contributed by atoms with van der Waals surface area (Å²) >= 11 is 0. The molecule has 0 aliphatic heterocycles. The van der Waals surface area contributed by atoms with Crippen LogP contribution in [0.4, 0.5) is 0 Å². The molecular formula is C20H30O3. The van der Waals surface area contributed by atoms with E-state index in [9.17, 15) is 10.2 Å². The fourth-order valence-electron chi connectivity index (χ4n) is 6.84. The summed E-state index contributed by atoms with van der Waals surface area (Å²) in [5.41, 5.74) is 1.38. The summed E-state index contributed by atoms with van der Waals surface area (Å²) in [5.74, 6) is 2.02. The molecule has 3 heteroatoms. The Labute approximate surface area is 139 Å². The van der Waals surface area contributed by atoms with Crippen molar-refractivity contribution in [2.75, 3.05) is 0 Å². The highest BCUT2D eigenvalue weighted by atomic mass is 16.3. The zero-order valence-corrected chi connectivity index (χ0v) is 14.7. The van der Waals surface area contributed by atoms with Gasteiger partial charge >= 0.3 is 0 Å². The fraction of sp³-hybridized carbons (Fsp3) is 0.800. The van der Waals surface area contributed by atoms with Crippen molar-refractivity contribution in [3.05, 3.63) is 23.7 Å². The molecule has 1 aromatic rings. The van der Waals surface area contributed by atoms with Gasteiger partial charge in [0.15, 0.2) is 0 Å². The van der Waals surface area contributed by atoms with Crippen LogP contribution in [0, 0.1) is 28.6 Å². The summed E-state index contributed by atoms with van der Waals surface area (Å²) in [5, 5.41) is 22.1. The van der Waals surface area contributed by atoms with Gasteiger partial charge in [-0.15, -0.1) is 0 Å². The first-order valence-electron chi connectivity index (χ1n) is 9.20. The molecule has 2 fully saturated rings. The predicted molar refractivity (Wildman–Crippen MR) is 89.0 cm³/mol. The molecule has 0 saturated heterocycles. The molecule has 1 aromatic heterocycles. The lowest BCUT2D eigenvalue weighted by molar-refractivity contribution is -0.216. The second kappa shape index (κ2) is 4.86. The van der Waals surface area contributed by atoms with Gasteiger partial charge in [-0.1, -0.05) is 34.1 Å². The van der Waals surface area contributed by atoms with Crippen molar-refractivity contribution in [2.24, 2.45) is 28.6 Å². The van der Waals surface area contributed by atoms with E-state index in [-0.39, 0.29) is 28.6 Å². The van der Waals surface area contributed by atoms with Gasteiger partial charge in [0.25, 0.3) is 0 Å². The van der Waals surface area contributed by atoms with Gasteiger partial charge in [-0.05, 0) is 59.0 Å². The van der Waals surface area contributed by atoms with Crippen LogP contribution >= 0.6 is 0 Å². The quantitative estimate of drug-likeness (QED) is 0.766. The lowest BCUT2D eigenvalue weighted by Gasteiger charge is -2.64. The van der Waals surface area contributed by atoms with Crippen molar-refractivity contribution >= 4 is 0 Å². The molecule has 128 valence electrons. The van der Waals surface area contributed by atoms with Crippen LogP contribution in [0.2, 0.25) is 0 Å². The van der Waals surface area contributed by atoms with Crippen LogP contribution < -0.4 is 0 Å². The first-order chi connectivity index (χ1) is 10.8. The molecule has 0 aromatic carbocycles. The summed E-state index contributed by atoms with van der Waals surface area (Å²) in [6, 6.07) is 2.05. The number of hydrogen-bond acceptors (Lipinski definition) is 3. The molecule has 0 radical (unpaired) electrons. The molecule has 7 atom stereocenters. The van der Waals surface area contributed by atoms with E-state index in [1.165, 1.54) is 12.0 Å². The van der Waals surface area contributed by atoms with Gasteiger partial charge in [-0.3, -0.25) is 0 Å². The monoisotopic (exact) mass is 318 g/mol. The largest absolute Gasteiger partial charge is 0.469 e. The van der Waals surface area contributed by atoms with Crippen LogP contribution in [-0.2, 0) is 6.42 Å². The molecule has 0 amide bonds. The molecular weight excluding hydrogens is 288 g/mol. The lowest BCUT2D eigenvalue weighted by atomic mass is 9.42. The first-order valence-corrected chi connectivity index (χ1v) is 9.20. The SMILES string of the molecule is CC1c2ccoc2CC2C1C(O)C(O)C1C(C)(C)CCCC21C. The van der Waals surface area contributed by atoms with Crippen LogP contribution in [0.3, 0.4) is 0 Å². The molecule has 0 spiro atoms. The van der Waals surface area contributed by atoms with Gasteiger partial charge in [-0.2, -0.15) is 0 Å². The zero-order valence-electron chi connectivity index (χ0n) is 14.7. The van der Waals surface area contributed by atoms with E-state index in [1.54, 1.807) is 6.26 Å². The average molecular weight is 318 g/mol. The number of aliphatic hydroxyl groups excluding tert-OH is 2. The number of furan rings is 1. The van der Waals surface area contributed by atoms with Gasteiger partial charge in [0.05, 0.1) is 18.5 Å². The average Bonchev–Trinajstić information content (AvgIpc) is 2.93. The highest BCUT2D eigenvalue weighted by Crippen LogP contribution is 2.64. The van der Waals surface area contributed by atoms with Crippen molar-refractivity contribution in [3.8, 4) is 0 Å². The van der Waals surface area contributed by atoms with Gasteiger partial charge in [0.2, 0.25) is 0 Å². The van der Waals surface area contributed by atoms with Crippen LogP contribution in [0.15, 0.2) is 16.7 Å². The minimum absolute atomic E-state index is 0.0732.